The molecule has 0 aliphatic carbocycles. The van der Waals surface area contributed by atoms with E-state index in [9.17, 15) is 9.18 Å². The topological polar surface area (TPSA) is 49.6 Å². The summed E-state index contributed by atoms with van der Waals surface area (Å²) in [7, 11) is 0. The molecule has 2 aliphatic rings. The second-order valence-corrected chi connectivity index (χ2v) is 6.14. The van der Waals surface area contributed by atoms with Crippen LogP contribution >= 0.6 is 0 Å². The van der Waals surface area contributed by atoms with Gasteiger partial charge in [0.05, 0.1) is 5.56 Å². The molecule has 0 spiro atoms. The number of amides is 1. The SMILES string of the molecule is Cc1cc(N)cc(C(=O)N2CCCN3CCCC3C2)c1F. The van der Waals surface area contributed by atoms with Gasteiger partial charge in [-0.25, -0.2) is 4.39 Å². The lowest BCUT2D eigenvalue weighted by Gasteiger charge is -2.26. The number of benzene rings is 1. The van der Waals surface area contributed by atoms with E-state index in [1.807, 2.05) is 0 Å². The summed E-state index contributed by atoms with van der Waals surface area (Å²) in [5.41, 5.74) is 6.74. The Morgan fingerprint density at radius 3 is 2.86 bits per heavy atom. The number of nitrogens with two attached hydrogens (primary N) is 1. The first kappa shape index (κ1) is 14.3. The largest absolute Gasteiger partial charge is 0.399 e. The number of carbonyl (C=O) groups excluding carboxylic acids is 1. The quantitative estimate of drug-likeness (QED) is 0.805. The summed E-state index contributed by atoms with van der Waals surface area (Å²) >= 11 is 0. The number of fused-ring (bicyclic) bond motifs is 1. The van der Waals surface area contributed by atoms with Crippen molar-refractivity contribution >= 4 is 11.6 Å². The monoisotopic (exact) mass is 291 g/mol. The Morgan fingerprint density at radius 1 is 1.29 bits per heavy atom. The van der Waals surface area contributed by atoms with E-state index in [-0.39, 0.29) is 11.5 Å². The molecule has 2 aliphatic heterocycles. The lowest BCUT2D eigenvalue weighted by Crippen LogP contribution is -2.40. The molecule has 1 atom stereocenters. The average molecular weight is 291 g/mol. The van der Waals surface area contributed by atoms with Crippen molar-refractivity contribution in [3.8, 4) is 0 Å². The van der Waals surface area contributed by atoms with Crippen molar-refractivity contribution < 1.29 is 9.18 Å². The summed E-state index contributed by atoms with van der Waals surface area (Å²) in [5.74, 6) is -0.668. The van der Waals surface area contributed by atoms with Crippen LogP contribution in [0, 0.1) is 12.7 Å². The van der Waals surface area contributed by atoms with Crippen LogP contribution in [0.5, 0.6) is 0 Å². The Hall–Kier alpha value is -1.62. The molecule has 0 saturated carbocycles. The molecule has 0 aromatic heterocycles. The van der Waals surface area contributed by atoms with Crippen molar-refractivity contribution in [2.24, 2.45) is 0 Å². The highest BCUT2D eigenvalue weighted by atomic mass is 19.1. The van der Waals surface area contributed by atoms with Gasteiger partial charge in [0.15, 0.2) is 0 Å². The normalized spacial score (nSPS) is 23.0. The molecule has 3 rings (SSSR count). The number of hydrogen-bond acceptors (Lipinski definition) is 3. The Labute approximate surface area is 124 Å². The second kappa shape index (κ2) is 5.64. The Kier molecular flexibility index (Phi) is 3.85. The molecule has 2 N–H and O–H groups in total. The number of aryl methyl sites for hydroxylation is 1. The van der Waals surface area contributed by atoms with Crippen molar-refractivity contribution in [2.45, 2.75) is 32.2 Å². The van der Waals surface area contributed by atoms with Crippen LogP contribution in [0.2, 0.25) is 0 Å². The highest BCUT2D eigenvalue weighted by Crippen LogP contribution is 2.24. The van der Waals surface area contributed by atoms with Crippen molar-refractivity contribution in [3.05, 3.63) is 29.1 Å². The van der Waals surface area contributed by atoms with Gasteiger partial charge in [-0.1, -0.05) is 0 Å². The summed E-state index contributed by atoms with van der Waals surface area (Å²) < 4.78 is 14.2. The third-order valence-electron chi connectivity index (χ3n) is 4.60. The second-order valence-electron chi connectivity index (χ2n) is 6.14. The van der Waals surface area contributed by atoms with Gasteiger partial charge in [0.1, 0.15) is 5.82 Å². The summed E-state index contributed by atoms with van der Waals surface area (Å²) in [6.45, 7) is 5.19. The number of hydrogen-bond donors (Lipinski definition) is 1. The summed E-state index contributed by atoms with van der Waals surface area (Å²) in [4.78, 5) is 16.9. The van der Waals surface area contributed by atoms with Crippen LogP contribution in [0.1, 0.15) is 35.2 Å². The molecule has 1 unspecified atom stereocenters. The first-order valence-corrected chi connectivity index (χ1v) is 7.65. The molecule has 1 aromatic rings. The van der Waals surface area contributed by atoms with Gasteiger partial charge in [-0.2, -0.15) is 0 Å². The molecule has 2 saturated heterocycles. The average Bonchev–Trinajstić information content (AvgIpc) is 2.79. The van der Waals surface area contributed by atoms with Gasteiger partial charge in [0.25, 0.3) is 5.91 Å². The van der Waals surface area contributed by atoms with Crippen LogP contribution in [0.3, 0.4) is 0 Å². The molecule has 2 heterocycles. The Bertz CT molecular complexity index is 561. The van der Waals surface area contributed by atoms with Crippen LogP contribution in [0.25, 0.3) is 0 Å². The third kappa shape index (κ3) is 2.75. The molecule has 1 amide bonds. The number of anilines is 1. The maximum atomic E-state index is 14.2. The first-order chi connectivity index (χ1) is 10.1. The minimum Gasteiger partial charge on any atom is -0.399 e. The molecule has 21 heavy (non-hydrogen) atoms. The fourth-order valence-electron chi connectivity index (χ4n) is 3.51. The van der Waals surface area contributed by atoms with Crippen LogP contribution in [0.4, 0.5) is 10.1 Å². The lowest BCUT2D eigenvalue weighted by molar-refractivity contribution is 0.0738. The van der Waals surface area contributed by atoms with Crippen molar-refractivity contribution in [2.75, 3.05) is 31.9 Å². The van der Waals surface area contributed by atoms with E-state index < -0.39 is 5.82 Å². The number of halogens is 1. The summed E-state index contributed by atoms with van der Waals surface area (Å²) in [5, 5.41) is 0. The van der Waals surface area contributed by atoms with E-state index in [4.69, 9.17) is 5.73 Å². The zero-order valence-corrected chi connectivity index (χ0v) is 12.4. The van der Waals surface area contributed by atoms with Crippen LogP contribution < -0.4 is 5.73 Å². The molecular weight excluding hydrogens is 269 g/mol. The third-order valence-corrected chi connectivity index (χ3v) is 4.60. The number of nitrogen functional groups attached to an aromatic ring is 1. The molecule has 1 aromatic carbocycles. The predicted octanol–water partition coefficient (Wildman–Crippen LogP) is 2.03. The fraction of sp³-hybridized carbons (Fsp3) is 0.562. The van der Waals surface area contributed by atoms with E-state index in [0.717, 1.165) is 25.9 Å². The standard InChI is InChI=1S/C16H22FN3O/c1-11-8-12(18)9-14(15(11)17)16(21)20-7-3-6-19-5-2-4-13(19)10-20/h8-9,13H,2-7,10,18H2,1H3. The minimum absolute atomic E-state index is 0.110. The zero-order chi connectivity index (χ0) is 15.0. The molecule has 4 nitrogen and oxygen atoms in total. The van der Waals surface area contributed by atoms with E-state index in [0.29, 0.717) is 30.4 Å². The number of carbonyl (C=O) groups is 1. The van der Waals surface area contributed by atoms with E-state index in [2.05, 4.69) is 4.90 Å². The van der Waals surface area contributed by atoms with Gasteiger partial charge in [-0.15, -0.1) is 0 Å². The van der Waals surface area contributed by atoms with E-state index >= 15 is 0 Å². The van der Waals surface area contributed by atoms with Crippen molar-refractivity contribution in [1.29, 1.82) is 0 Å². The number of nitrogens with zero attached hydrogens (tertiary/aromatic N) is 2. The maximum Gasteiger partial charge on any atom is 0.256 e. The van der Waals surface area contributed by atoms with Crippen molar-refractivity contribution in [1.82, 2.24) is 9.80 Å². The predicted molar refractivity (Wildman–Crippen MR) is 80.7 cm³/mol. The van der Waals surface area contributed by atoms with Crippen LogP contribution in [-0.2, 0) is 0 Å². The molecular formula is C16H22FN3O. The highest BCUT2D eigenvalue weighted by Gasteiger charge is 2.31. The Balaban J connectivity index is 1.84. The van der Waals surface area contributed by atoms with E-state index in [1.54, 1.807) is 17.9 Å². The summed E-state index contributed by atoms with van der Waals surface area (Å²) in [6, 6.07) is 3.46. The van der Waals surface area contributed by atoms with Crippen molar-refractivity contribution in [3.63, 3.8) is 0 Å². The molecule has 2 fully saturated rings. The van der Waals surface area contributed by atoms with Gasteiger partial charge in [0.2, 0.25) is 0 Å². The highest BCUT2D eigenvalue weighted by molar-refractivity contribution is 5.95. The Morgan fingerprint density at radius 2 is 2.05 bits per heavy atom. The zero-order valence-electron chi connectivity index (χ0n) is 12.4. The van der Waals surface area contributed by atoms with Crippen LogP contribution in [0.15, 0.2) is 12.1 Å². The molecule has 0 radical (unpaired) electrons. The van der Waals surface area contributed by atoms with Gasteiger partial charge in [-0.3, -0.25) is 9.69 Å². The maximum absolute atomic E-state index is 14.2. The minimum atomic E-state index is -0.443. The van der Waals surface area contributed by atoms with Gasteiger partial charge in [0, 0.05) is 31.4 Å². The first-order valence-electron chi connectivity index (χ1n) is 7.65. The number of rotatable bonds is 1. The van der Waals surface area contributed by atoms with Crippen LogP contribution in [-0.4, -0.2) is 47.9 Å². The summed E-state index contributed by atoms with van der Waals surface area (Å²) in [6.07, 6.45) is 3.27. The van der Waals surface area contributed by atoms with Gasteiger partial charge < -0.3 is 10.6 Å². The molecule has 0 bridgehead atoms. The smallest absolute Gasteiger partial charge is 0.256 e. The van der Waals surface area contributed by atoms with Gasteiger partial charge in [-0.05, 0) is 50.4 Å². The van der Waals surface area contributed by atoms with E-state index in [1.165, 1.54) is 12.5 Å². The van der Waals surface area contributed by atoms with Gasteiger partial charge >= 0.3 is 0 Å². The lowest BCUT2D eigenvalue weighted by atomic mass is 10.1. The molecule has 114 valence electrons. The fourth-order valence-corrected chi connectivity index (χ4v) is 3.51. The molecule has 5 heteroatoms.